The van der Waals surface area contributed by atoms with Crippen molar-refractivity contribution in [3.8, 4) is 261 Å². The molecule has 0 unspecified atom stereocenters. The Bertz CT molecular complexity index is 7230. The summed E-state index contributed by atoms with van der Waals surface area (Å²) in [6, 6.07) is 0. The van der Waals surface area contributed by atoms with Gasteiger partial charge in [-0.25, -0.2) is 0 Å². The molecule has 0 saturated heterocycles. The zero-order valence-corrected chi connectivity index (χ0v) is 79.7. The zero-order valence-electron chi connectivity index (χ0n) is 79.7. The van der Waals surface area contributed by atoms with Gasteiger partial charge in [0, 0.05) is 78.0 Å². The largest absolute Gasteiger partial charge is 0.139 e. The van der Waals surface area contributed by atoms with Gasteiger partial charge in [-0.2, -0.15) is 0 Å². The first-order valence-electron chi connectivity index (χ1n) is 43.7. The molecule has 124 heavy (non-hydrogen) atoms. The van der Waals surface area contributed by atoms with E-state index in [1.807, 2.05) is 13.8 Å². The monoisotopic (exact) mass is 1540 g/mol. The van der Waals surface area contributed by atoms with E-state index in [1.54, 1.807) is 37.2 Å². The second-order valence-corrected chi connectivity index (χ2v) is 34.4. The van der Waals surface area contributed by atoms with Crippen LogP contribution in [0.1, 0.15) is 122 Å². The minimum atomic E-state index is 0.0332. The molecule has 0 nitrogen and oxygen atoms in total. The fourth-order valence-corrected chi connectivity index (χ4v) is 19.5. The van der Waals surface area contributed by atoms with E-state index < -0.39 is 0 Å². The molecule has 0 aromatic heterocycles. The van der Waals surface area contributed by atoms with E-state index in [2.05, 4.69) is 421 Å². The van der Waals surface area contributed by atoms with E-state index >= 15 is 0 Å². The number of benzene rings is 8. The lowest BCUT2D eigenvalue weighted by atomic mass is 8.66. The number of rotatable bonds is 16. The molecule has 0 radical (unpaired) electrons. The molecule has 0 spiro atoms. The predicted octanol–water partition coefficient (Wildman–Crippen LogP) is -13.1. The van der Waals surface area contributed by atoms with Gasteiger partial charge in [-0.1, -0.05) is 81.1 Å². The number of hydrogen-bond acceptors (Lipinski definition) is 0. The summed E-state index contributed by atoms with van der Waals surface area (Å²) in [5.74, 6) is 115. The highest BCUT2D eigenvalue weighted by Gasteiger charge is 2.44. The van der Waals surface area contributed by atoms with Crippen molar-refractivity contribution in [2.75, 3.05) is 0 Å². The number of terminal acetylenes is 3. The van der Waals surface area contributed by atoms with Gasteiger partial charge in [-0.05, 0) is 356 Å². The molecular weight excluding hydrogens is 1450 g/mol. The summed E-state index contributed by atoms with van der Waals surface area (Å²) in [4.78, 5) is 0. The Morgan fingerprint density at radius 2 is 0.621 bits per heavy atom. The van der Waals surface area contributed by atoms with Gasteiger partial charge < -0.3 is 0 Å². The Labute approximate surface area is 769 Å². The fraction of sp³-hybridized carbons (Fsp3) is 0.152. The van der Waals surface area contributed by atoms with Crippen LogP contribution in [0.3, 0.4) is 0 Å². The average molecular weight is 1540 g/mol. The van der Waals surface area contributed by atoms with Crippen LogP contribution in [-0.4, -0.2) is 231 Å². The van der Waals surface area contributed by atoms with Crippen LogP contribution in [0.4, 0.5) is 0 Å². The third kappa shape index (κ3) is 19.2. The van der Waals surface area contributed by atoms with E-state index in [9.17, 15) is 0 Å². The predicted molar refractivity (Wildman–Crippen MR) is 623 cm³/mol. The number of hydrogen-bond donors (Lipinski definition) is 0. The Kier molecular flexibility index (Phi) is 34.8. The molecule has 0 aliphatic carbocycles. The number of fused-ring (bicyclic) bond motifs is 6. The van der Waals surface area contributed by atoms with E-state index in [4.69, 9.17) is 19.3 Å². The number of aryl methyl sites for hydroxylation is 5. The second kappa shape index (κ2) is 44.1. The molecule has 8 rings (SSSR count). The van der Waals surface area contributed by atoms with Crippen molar-refractivity contribution in [2.24, 2.45) is 0 Å². The Morgan fingerprint density at radius 1 is 0.258 bits per heavy atom. The summed E-state index contributed by atoms with van der Waals surface area (Å²) in [5, 5.41) is 9.61. The van der Waals surface area contributed by atoms with Crippen LogP contribution in [-0.2, 0) is 0 Å². The molecule has 0 bridgehead atoms. The molecule has 32 heteroatoms. The van der Waals surface area contributed by atoms with Gasteiger partial charge in [0.1, 0.15) is 21.5 Å². The van der Waals surface area contributed by atoms with Crippen LogP contribution in [0.5, 0.6) is 0 Å². The molecule has 0 aliphatic rings. The van der Waals surface area contributed by atoms with Crippen LogP contribution in [0.2, 0.25) is 0 Å². The van der Waals surface area contributed by atoms with Crippen LogP contribution in [0.15, 0.2) is 0 Å². The molecule has 8 aromatic rings. The molecule has 0 amide bonds. The fourth-order valence-electron chi connectivity index (χ4n) is 19.5. The Morgan fingerprint density at radius 3 is 1.02 bits per heavy atom. The minimum absolute atomic E-state index is 0.0332. The first kappa shape index (κ1) is 97.8. The minimum Gasteiger partial charge on any atom is -0.113 e. The van der Waals surface area contributed by atoms with Crippen LogP contribution in [0, 0.1) is 308 Å². The summed E-state index contributed by atoms with van der Waals surface area (Å²) >= 11 is 0. The molecule has 0 N–H and O–H groups in total. The van der Waals surface area contributed by atoms with Crippen molar-refractivity contribution in [2.45, 2.75) is 96.9 Å². The third-order valence-corrected chi connectivity index (χ3v) is 25.9. The van der Waals surface area contributed by atoms with Crippen molar-refractivity contribution in [3.05, 3.63) is 94.6 Å². The van der Waals surface area contributed by atoms with Gasteiger partial charge >= 0.3 is 0 Å². The van der Waals surface area contributed by atoms with Crippen molar-refractivity contribution in [1.29, 1.82) is 0 Å². The van der Waals surface area contributed by atoms with Gasteiger partial charge in [-0.15, -0.1) is 41.6 Å². The highest BCUT2D eigenvalue weighted by molar-refractivity contribution is 7.89. The van der Waals surface area contributed by atoms with Gasteiger partial charge in [-0.3, -0.25) is 0 Å². The van der Waals surface area contributed by atoms with Crippen molar-refractivity contribution >= 4 is 324 Å². The standard InChI is InChI=1S/C92H84B32/c1-18-25-31-35-37-39-42-46-53-70-71(54-47-41-38-36-32-26-19-2)79-78(77-67(49-30-23-6)65(48-24-7)59(12)64(17)72(70)77)68(51-43-29-22-5)66(50-44-34-28-21-4)69(52-45-40-33-27-20-3)80(79)81-73-60(13)55(8)57(10)62(15)75(73)82(76-63(16)58(11)56(9)61(14)74(76)81)83-84-85(86(93)87(111-94)88(83)114(97)98)90(118(123(108)109)124(110)113-96)92(117(121(104)105)122(106)107)91(116(112-95)120(102)103)89(84)115(99)119(100)101/h1,4,6,111-113H,93-110H2,2-3,5,7-17H3. The lowest BCUT2D eigenvalue weighted by molar-refractivity contribution is 1.24. The first-order valence-corrected chi connectivity index (χ1v) is 43.7. The van der Waals surface area contributed by atoms with Gasteiger partial charge in [0.25, 0.3) is 0 Å². The first-order chi connectivity index (χ1) is 59.3. The summed E-state index contributed by atoms with van der Waals surface area (Å²) in [6.07, 6.45) is 19.7. The lowest BCUT2D eigenvalue weighted by Crippen LogP contribution is -2.80. The quantitative estimate of drug-likeness (QED) is 0.0391. The van der Waals surface area contributed by atoms with Gasteiger partial charge in [0.2, 0.25) is 0 Å². The summed E-state index contributed by atoms with van der Waals surface area (Å²) in [5.41, 5.74) is 28.7. The lowest BCUT2D eigenvalue weighted by Gasteiger charge is -2.42. The topological polar surface area (TPSA) is 0 Å². The molecule has 0 aliphatic heterocycles. The van der Waals surface area contributed by atoms with Crippen molar-refractivity contribution in [1.82, 2.24) is 0 Å². The second-order valence-electron chi connectivity index (χ2n) is 34.4. The summed E-state index contributed by atoms with van der Waals surface area (Å²) in [7, 11) is 47.6. The highest BCUT2D eigenvalue weighted by Crippen LogP contribution is 2.55. The molecule has 548 valence electrons. The van der Waals surface area contributed by atoms with Crippen molar-refractivity contribution in [3.63, 3.8) is 0 Å². The summed E-state index contributed by atoms with van der Waals surface area (Å²) < 4.78 is 0. The molecule has 0 atom stereocenters. The van der Waals surface area contributed by atoms with Crippen molar-refractivity contribution < 1.29 is 0 Å². The maximum atomic E-state index is 6.34. The third-order valence-electron chi connectivity index (χ3n) is 25.9. The maximum absolute atomic E-state index is 6.34. The molecular formula is C92H84B32. The van der Waals surface area contributed by atoms with Crippen LogP contribution < -0.4 is 38.2 Å². The average Bonchev–Trinajstić information content (AvgIpc) is 0.674. The zero-order chi connectivity index (χ0) is 91.6. The van der Waals surface area contributed by atoms with E-state index in [1.165, 1.54) is 54.9 Å². The summed E-state index contributed by atoms with van der Waals surface area (Å²) in [6.45, 7) is 30.6. The normalized spacial score (nSPS) is 9.15. The smallest absolute Gasteiger partial charge is 0.113 e. The molecule has 0 heterocycles. The van der Waals surface area contributed by atoms with Gasteiger partial charge in [0.05, 0.1) is 198 Å². The SMILES string of the molecule is BBB(B)B(B(B)B)c1c(B(B(B)B)B(B)B)c(B(BB)B(B)B)c(B(B)B(B)B)c2c(-c3c4c(C)c(C)c(C)c(C)c4c(-c4c(C#CC#CC#CC)c(C#CC#CC#C)c(C#CC#CC)c5c4c(C#CC#CC#CC#CC)c(C#CC#CC#CC#CC#C)c4c(C)c(C)c(C#CC)c(C#CC#C)c45)c4c(C)c(C)c(C)c(C)c34)c(B(B)B)c(BB)c(B)c12. The van der Waals surface area contributed by atoms with Gasteiger partial charge in [0.15, 0.2) is 0 Å². The van der Waals surface area contributed by atoms with E-state index in [0.717, 1.165) is 92.9 Å². The Hall–Kier alpha value is -11.7. The highest BCUT2D eigenvalue weighted by atomic mass is 14.4. The Balaban J connectivity index is 2.18. The molecule has 8 aromatic carbocycles. The van der Waals surface area contributed by atoms with Crippen LogP contribution >= 0.6 is 0 Å². The molecule has 0 fully saturated rings. The van der Waals surface area contributed by atoms with Crippen LogP contribution in [0.25, 0.3) is 76.1 Å². The molecule has 0 saturated carbocycles. The van der Waals surface area contributed by atoms with E-state index in [-0.39, 0.29) is 38.9 Å². The maximum Gasteiger partial charge on any atom is 0.139 e. The van der Waals surface area contributed by atoms with E-state index in [0.29, 0.717) is 98.0 Å².